The number of carbonyl (C=O) groups is 3. The molecule has 8 nitrogen and oxygen atoms in total. The van der Waals surface area contributed by atoms with E-state index in [4.69, 9.17) is 9.47 Å². The highest BCUT2D eigenvalue weighted by atomic mass is 16.5. The maximum Gasteiger partial charge on any atom is 0.311 e. The van der Waals surface area contributed by atoms with Crippen LogP contribution in [0.4, 0.5) is 11.4 Å². The second kappa shape index (κ2) is 9.47. The van der Waals surface area contributed by atoms with Crippen LogP contribution in [0.2, 0.25) is 0 Å². The van der Waals surface area contributed by atoms with Gasteiger partial charge in [-0.25, -0.2) is 0 Å². The molecule has 0 radical (unpaired) electrons. The summed E-state index contributed by atoms with van der Waals surface area (Å²) in [5.41, 5.74) is 1.73. The van der Waals surface area contributed by atoms with Gasteiger partial charge >= 0.3 is 5.97 Å². The Bertz CT molecular complexity index is 769. The number of rotatable bonds is 6. The lowest BCUT2D eigenvalue weighted by Gasteiger charge is -2.28. The Labute approximate surface area is 176 Å². The zero-order valence-corrected chi connectivity index (χ0v) is 17.2. The molecule has 30 heavy (non-hydrogen) atoms. The third kappa shape index (κ3) is 4.92. The third-order valence-electron chi connectivity index (χ3n) is 6.13. The van der Waals surface area contributed by atoms with Crippen molar-refractivity contribution < 1.29 is 23.9 Å². The first-order chi connectivity index (χ1) is 14.6. The lowest BCUT2D eigenvalue weighted by molar-refractivity contribution is -0.151. The zero-order valence-electron chi connectivity index (χ0n) is 17.2. The molecular weight excluding hydrogens is 386 g/mol. The summed E-state index contributed by atoms with van der Waals surface area (Å²) in [4.78, 5) is 40.8. The van der Waals surface area contributed by atoms with Crippen molar-refractivity contribution in [3.05, 3.63) is 24.3 Å². The monoisotopic (exact) mass is 415 g/mol. The summed E-state index contributed by atoms with van der Waals surface area (Å²) in [6, 6.07) is 7.84. The van der Waals surface area contributed by atoms with E-state index in [0.717, 1.165) is 57.7 Å². The van der Waals surface area contributed by atoms with Crippen molar-refractivity contribution in [2.45, 2.75) is 38.1 Å². The number of benzene rings is 1. The highest BCUT2D eigenvalue weighted by Crippen LogP contribution is 2.29. The number of carbonyl (C=O) groups excluding carboxylic acids is 3. The first-order valence-electron chi connectivity index (χ1n) is 10.8. The SMILES string of the molecule is O=C(COC(=O)[C@H]1CC(=O)N(C2CCCC2)C1)Nc1ccc(N2CCOCC2)cc1. The molecule has 2 amide bonds. The number of anilines is 2. The maximum absolute atomic E-state index is 12.3. The van der Waals surface area contributed by atoms with E-state index >= 15 is 0 Å². The Morgan fingerprint density at radius 1 is 1.10 bits per heavy atom. The molecule has 0 unspecified atom stereocenters. The molecule has 1 atom stereocenters. The Morgan fingerprint density at radius 2 is 1.80 bits per heavy atom. The number of likely N-dealkylation sites (tertiary alicyclic amines) is 1. The normalized spacial score (nSPS) is 22.4. The fraction of sp³-hybridized carbons (Fsp3) is 0.591. The van der Waals surface area contributed by atoms with Crippen LogP contribution in [0.15, 0.2) is 24.3 Å². The number of hydrogen-bond acceptors (Lipinski definition) is 6. The van der Waals surface area contributed by atoms with Gasteiger partial charge in [-0.2, -0.15) is 0 Å². The molecule has 162 valence electrons. The van der Waals surface area contributed by atoms with Crippen molar-refractivity contribution in [2.75, 3.05) is 49.7 Å². The first-order valence-corrected chi connectivity index (χ1v) is 10.8. The summed E-state index contributed by atoms with van der Waals surface area (Å²) in [6.07, 6.45) is 4.48. The van der Waals surface area contributed by atoms with Crippen LogP contribution in [-0.4, -0.2) is 68.2 Å². The Morgan fingerprint density at radius 3 is 2.50 bits per heavy atom. The van der Waals surface area contributed by atoms with Gasteiger partial charge < -0.3 is 24.6 Å². The first kappa shape index (κ1) is 20.7. The van der Waals surface area contributed by atoms with Crippen molar-refractivity contribution in [2.24, 2.45) is 5.92 Å². The average molecular weight is 415 g/mol. The standard InChI is InChI=1S/C22H29N3O5/c26-20(23-17-5-7-18(8-6-17)24-9-11-29-12-10-24)15-30-22(28)16-13-21(27)25(14-16)19-3-1-2-4-19/h5-8,16,19H,1-4,9-15H2,(H,23,26)/t16-/m0/s1. The van der Waals surface area contributed by atoms with Gasteiger partial charge in [-0.3, -0.25) is 14.4 Å². The summed E-state index contributed by atoms with van der Waals surface area (Å²) in [5, 5.41) is 2.74. The van der Waals surface area contributed by atoms with E-state index in [0.29, 0.717) is 12.2 Å². The molecule has 1 aromatic carbocycles. The van der Waals surface area contributed by atoms with Gasteiger partial charge in [0.15, 0.2) is 6.61 Å². The quantitative estimate of drug-likeness (QED) is 0.713. The van der Waals surface area contributed by atoms with E-state index in [-0.39, 0.29) is 30.9 Å². The molecule has 2 saturated heterocycles. The second-order valence-electron chi connectivity index (χ2n) is 8.19. The van der Waals surface area contributed by atoms with E-state index < -0.39 is 11.9 Å². The summed E-state index contributed by atoms with van der Waals surface area (Å²) >= 11 is 0. The van der Waals surface area contributed by atoms with Crippen LogP contribution < -0.4 is 10.2 Å². The molecule has 1 aliphatic carbocycles. The van der Waals surface area contributed by atoms with Crippen molar-refractivity contribution in [1.82, 2.24) is 4.90 Å². The lowest BCUT2D eigenvalue weighted by Crippen LogP contribution is -2.36. The van der Waals surface area contributed by atoms with E-state index in [2.05, 4.69) is 10.2 Å². The summed E-state index contributed by atoms with van der Waals surface area (Å²) in [5.74, 6) is -1.31. The minimum atomic E-state index is -0.473. The van der Waals surface area contributed by atoms with Crippen molar-refractivity contribution >= 4 is 29.2 Å². The minimum absolute atomic E-state index is 0.0219. The molecule has 2 aliphatic heterocycles. The van der Waals surface area contributed by atoms with Gasteiger partial charge in [0, 0.05) is 43.5 Å². The molecule has 0 spiro atoms. The van der Waals surface area contributed by atoms with Crippen LogP contribution in [0.25, 0.3) is 0 Å². The topological polar surface area (TPSA) is 88.2 Å². The van der Waals surface area contributed by atoms with Gasteiger partial charge in [0.05, 0.1) is 19.1 Å². The summed E-state index contributed by atoms with van der Waals surface area (Å²) in [7, 11) is 0. The Hall–Kier alpha value is -2.61. The number of hydrogen-bond donors (Lipinski definition) is 1. The van der Waals surface area contributed by atoms with Gasteiger partial charge in [0.25, 0.3) is 5.91 Å². The molecule has 8 heteroatoms. The average Bonchev–Trinajstić information content (AvgIpc) is 3.43. The fourth-order valence-corrected chi connectivity index (χ4v) is 4.49. The van der Waals surface area contributed by atoms with Gasteiger partial charge in [-0.15, -0.1) is 0 Å². The summed E-state index contributed by atoms with van der Waals surface area (Å²) in [6.45, 7) is 3.20. The number of morpholine rings is 1. The highest BCUT2D eigenvalue weighted by molar-refractivity contribution is 5.93. The molecule has 3 fully saturated rings. The van der Waals surface area contributed by atoms with Crippen molar-refractivity contribution in [3.8, 4) is 0 Å². The zero-order chi connectivity index (χ0) is 20.9. The van der Waals surface area contributed by atoms with Crippen LogP contribution in [0.5, 0.6) is 0 Å². The number of esters is 1. The van der Waals surface area contributed by atoms with E-state index in [9.17, 15) is 14.4 Å². The highest BCUT2D eigenvalue weighted by Gasteiger charge is 2.39. The van der Waals surface area contributed by atoms with Crippen LogP contribution in [0.1, 0.15) is 32.1 Å². The summed E-state index contributed by atoms with van der Waals surface area (Å²) < 4.78 is 10.5. The number of amides is 2. The van der Waals surface area contributed by atoms with Crippen molar-refractivity contribution in [3.63, 3.8) is 0 Å². The Balaban J connectivity index is 1.21. The van der Waals surface area contributed by atoms with Crippen LogP contribution in [0, 0.1) is 5.92 Å². The number of ether oxygens (including phenoxy) is 2. The molecule has 1 aromatic rings. The smallest absolute Gasteiger partial charge is 0.311 e. The van der Waals surface area contributed by atoms with Gasteiger partial charge in [-0.1, -0.05) is 12.8 Å². The molecule has 0 bridgehead atoms. The number of nitrogens with zero attached hydrogens (tertiary/aromatic N) is 2. The van der Waals surface area contributed by atoms with Crippen LogP contribution >= 0.6 is 0 Å². The third-order valence-corrected chi connectivity index (χ3v) is 6.13. The second-order valence-corrected chi connectivity index (χ2v) is 8.19. The Kier molecular flexibility index (Phi) is 6.52. The predicted octanol–water partition coefficient (Wildman–Crippen LogP) is 1.80. The van der Waals surface area contributed by atoms with Crippen LogP contribution in [0.3, 0.4) is 0 Å². The van der Waals surface area contributed by atoms with Gasteiger partial charge in [-0.05, 0) is 37.1 Å². The molecule has 2 heterocycles. The molecule has 0 aromatic heterocycles. The van der Waals surface area contributed by atoms with E-state index in [1.54, 1.807) is 0 Å². The molecular formula is C22H29N3O5. The van der Waals surface area contributed by atoms with Gasteiger partial charge in [0.2, 0.25) is 5.91 Å². The largest absolute Gasteiger partial charge is 0.455 e. The molecule has 1 N–H and O–H groups in total. The van der Waals surface area contributed by atoms with Crippen molar-refractivity contribution in [1.29, 1.82) is 0 Å². The maximum atomic E-state index is 12.3. The molecule has 4 rings (SSSR count). The number of nitrogens with one attached hydrogen (secondary N) is 1. The van der Waals surface area contributed by atoms with E-state index in [1.807, 2.05) is 29.2 Å². The molecule has 3 aliphatic rings. The van der Waals surface area contributed by atoms with E-state index in [1.165, 1.54) is 0 Å². The predicted molar refractivity (Wildman–Crippen MR) is 111 cm³/mol. The lowest BCUT2D eigenvalue weighted by atomic mass is 10.1. The molecule has 1 saturated carbocycles. The van der Waals surface area contributed by atoms with Gasteiger partial charge in [0.1, 0.15) is 0 Å². The minimum Gasteiger partial charge on any atom is -0.455 e. The fourth-order valence-electron chi connectivity index (χ4n) is 4.49. The van der Waals surface area contributed by atoms with Crippen LogP contribution in [-0.2, 0) is 23.9 Å².